The van der Waals surface area contributed by atoms with E-state index in [1.165, 1.54) is 6.42 Å². The summed E-state index contributed by atoms with van der Waals surface area (Å²) >= 11 is 0. The molecule has 7 atom stereocenters. The molecule has 216 valence electrons. The smallest absolute Gasteiger partial charge is 0.246 e. The van der Waals surface area contributed by atoms with Crippen molar-refractivity contribution in [3.8, 4) is 5.75 Å². The van der Waals surface area contributed by atoms with E-state index in [0.717, 1.165) is 36.1 Å². The lowest BCUT2D eigenvalue weighted by molar-refractivity contribution is -0.142. The van der Waals surface area contributed by atoms with E-state index in [-0.39, 0.29) is 30.3 Å². The molecule has 2 N–H and O–H groups in total. The third-order valence-electron chi connectivity index (χ3n) is 9.27. The summed E-state index contributed by atoms with van der Waals surface area (Å²) in [6.07, 6.45) is 7.38. The number of hydrogen-bond acceptors (Lipinski definition) is 5. The molecule has 0 radical (unpaired) electrons. The summed E-state index contributed by atoms with van der Waals surface area (Å²) in [5.74, 6) is -1.16. The van der Waals surface area contributed by atoms with Crippen molar-refractivity contribution in [1.29, 1.82) is 0 Å². The van der Waals surface area contributed by atoms with Gasteiger partial charge in [-0.25, -0.2) is 0 Å². The van der Waals surface area contributed by atoms with E-state index >= 15 is 0 Å². The molecule has 8 nitrogen and oxygen atoms in total. The number of benzene rings is 2. The van der Waals surface area contributed by atoms with E-state index in [1.54, 1.807) is 29.2 Å². The predicted molar refractivity (Wildman–Crippen MR) is 155 cm³/mol. The third-order valence-corrected chi connectivity index (χ3v) is 9.27. The lowest BCUT2D eigenvalue weighted by atomic mass is 9.74. The highest BCUT2D eigenvalue weighted by molar-refractivity contribution is 6.02. The molecule has 2 saturated heterocycles. The Morgan fingerprint density at radius 1 is 1.05 bits per heavy atom. The van der Waals surface area contributed by atoms with E-state index in [4.69, 9.17) is 9.47 Å². The van der Waals surface area contributed by atoms with Crippen molar-refractivity contribution in [2.75, 3.05) is 11.9 Å². The molecular formula is C33H39N3O5. The summed E-state index contributed by atoms with van der Waals surface area (Å²) in [7, 11) is 0. The van der Waals surface area contributed by atoms with E-state index in [0.29, 0.717) is 18.2 Å². The molecule has 0 aromatic heterocycles. The highest BCUT2D eigenvalue weighted by Crippen LogP contribution is 2.55. The minimum Gasteiger partial charge on any atom is -0.494 e. The monoisotopic (exact) mass is 557 g/mol. The fourth-order valence-electron chi connectivity index (χ4n) is 7.15. The summed E-state index contributed by atoms with van der Waals surface area (Å²) in [5.41, 5.74) is 1.48. The average molecular weight is 558 g/mol. The van der Waals surface area contributed by atoms with Gasteiger partial charge in [-0.05, 0) is 62.4 Å². The number of carbonyl (C=O) groups is 3. The van der Waals surface area contributed by atoms with E-state index in [2.05, 4.69) is 17.6 Å². The number of carbonyl (C=O) groups excluding carboxylic acids is 3. The highest BCUT2D eigenvalue weighted by atomic mass is 16.5. The second-order valence-electron chi connectivity index (χ2n) is 12.0. The molecule has 7 unspecified atom stereocenters. The maximum Gasteiger partial charge on any atom is 0.246 e. The minimum absolute atomic E-state index is 0.0596. The molecule has 3 amide bonds. The zero-order valence-corrected chi connectivity index (χ0v) is 24.0. The topological polar surface area (TPSA) is 97.0 Å². The Bertz CT molecular complexity index is 1340. The van der Waals surface area contributed by atoms with Gasteiger partial charge in [-0.3, -0.25) is 14.4 Å². The first-order valence-electron chi connectivity index (χ1n) is 14.9. The predicted octanol–water partition coefficient (Wildman–Crippen LogP) is 4.38. The van der Waals surface area contributed by atoms with Gasteiger partial charge in [-0.15, -0.1) is 0 Å². The van der Waals surface area contributed by atoms with Crippen molar-refractivity contribution < 1.29 is 23.9 Å². The van der Waals surface area contributed by atoms with E-state index in [1.807, 2.05) is 50.3 Å². The normalized spacial score (nSPS) is 31.7. The molecule has 3 aliphatic heterocycles. The van der Waals surface area contributed by atoms with E-state index in [9.17, 15) is 14.4 Å². The molecule has 1 saturated carbocycles. The van der Waals surface area contributed by atoms with Crippen LogP contribution >= 0.6 is 0 Å². The maximum absolute atomic E-state index is 14.2. The van der Waals surface area contributed by atoms with Gasteiger partial charge in [0.2, 0.25) is 17.7 Å². The number of ether oxygens (including phenoxy) is 2. The number of fused-ring (bicyclic) bond motifs is 1. The largest absolute Gasteiger partial charge is 0.494 e. The number of rotatable bonds is 8. The van der Waals surface area contributed by atoms with Crippen LogP contribution in [-0.2, 0) is 25.7 Å². The van der Waals surface area contributed by atoms with Crippen LogP contribution < -0.4 is 15.4 Å². The average Bonchev–Trinajstić information content (AvgIpc) is 3.60. The summed E-state index contributed by atoms with van der Waals surface area (Å²) in [6.45, 7) is 6.93. The standard InChI is InChI=1S/C33H39N3O5/c1-4-40-24-15-13-23(14-16-24)34-30(37)27-26-17-18-33(41-26)28(27)32(39)36(19-22-11-9-20(2)10-12-22)29(33)31(38)35-25-8-6-5-7-21(25)3/h9-18,21,25-29H,4-8,19H2,1-3H3,(H,34,37)(H,35,38). The Hall–Kier alpha value is -3.65. The molecule has 4 aliphatic rings. The van der Waals surface area contributed by atoms with Gasteiger partial charge in [0.05, 0.1) is 24.5 Å². The number of amides is 3. The Balaban J connectivity index is 1.29. The molecule has 3 heterocycles. The van der Waals surface area contributed by atoms with Crippen molar-refractivity contribution in [3.05, 3.63) is 71.8 Å². The molecule has 41 heavy (non-hydrogen) atoms. The molecule has 2 aromatic rings. The second-order valence-corrected chi connectivity index (χ2v) is 12.0. The van der Waals surface area contributed by atoms with Gasteiger partial charge in [0.15, 0.2) is 0 Å². The third kappa shape index (κ3) is 4.92. The second kappa shape index (κ2) is 11.0. The molecule has 2 aromatic carbocycles. The van der Waals surface area contributed by atoms with Crippen LogP contribution in [0.3, 0.4) is 0 Å². The highest BCUT2D eigenvalue weighted by Gasteiger charge is 2.72. The summed E-state index contributed by atoms with van der Waals surface area (Å²) in [6, 6.07) is 14.3. The fraction of sp³-hybridized carbons (Fsp3) is 0.485. The van der Waals surface area contributed by atoms with Crippen LogP contribution in [0.25, 0.3) is 0 Å². The molecule has 6 rings (SSSR count). The van der Waals surface area contributed by atoms with E-state index < -0.39 is 29.6 Å². The molecular weight excluding hydrogens is 518 g/mol. The molecule has 1 spiro atoms. The summed E-state index contributed by atoms with van der Waals surface area (Å²) < 4.78 is 12.0. The van der Waals surface area contributed by atoms with Gasteiger partial charge >= 0.3 is 0 Å². The van der Waals surface area contributed by atoms with Gasteiger partial charge in [0.25, 0.3) is 0 Å². The fourth-order valence-corrected chi connectivity index (χ4v) is 7.15. The van der Waals surface area contributed by atoms with Crippen molar-refractivity contribution in [3.63, 3.8) is 0 Å². The van der Waals surface area contributed by atoms with Crippen LogP contribution in [0.1, 0.15) is 50.7 Å². The van der Waals surface area contributed by atoms with Crippen LogP contribution in [0.2, 0.25) is 0 Å². The van der Waals surface area contributed by atoms with Crippen molar-refractivity contribution in [1.82, 2.24) is 10.2 Å². The van der Waals surface area contributed by atoms with Gasteiger partial charge < -0.3 is 25.0 Å². The van der Waals surface area contributed by atoms with Crippen LogP contribution in [0.4, 0.5) is 5.69 Å². The van der Waals surface area contributed by atoms with Crippen LogP contribution in [-0.4, -0.2) is 53.0 Å². The van der Waals surface area contributed by atoms with Gasteiger partial charge in [0, 0.05) is 18.3 Å². The number of likely N-dealkylation sites (tertiary alicyclic amines) is 1. The molecule has 2 bridgehead atoms. The maximum atomic E-state index is 14.2. The SMILES string of the molecule is CCOc1ccc(NC(=O)C2C3C=CC4(O3)C2C(=O)N(Cc2ccc(C)cc2)C4C(=O)NC2CCCCC2C)cc1. The number of nitrogens with zero attached hydrogens (tertiary/aromatic N) is 1. The Morgan fingerprint density at radius 2 is 1.78 bits per heavy atom. The zero-order valence-electron chi connectivity index (χ0n) is 24.0. The summed E-state index contributed by atoms with van der Waals surface area (Å²) in [5, 5.41) is 6.26. The summed E-state index contributed by atoms with van der Waals surface area (Å²) in [4.78, 5) is 43.7. The van der Waals surface area contributed by atoms with Crippen molar-refractivity contribution in [2.24, 2.45) is 17.8 Å². The number of nitrogens with one attached hydrogen (secondary N) is 2. The number of anilines is 1. The Morgan fingerprint density at radius 3 is 2.49 bits per heavy atom. The van der Waals surface area contributed by atoms with Gasteiger partial charge in [0.1, 0.15) is 17.4 Å². The first kappa shape index (κ1) is 27.5. The van der Waals surface area contributed by atoms with Crippen LogP contribution in [0, 0.1) is 24.7 Å². The molecule has 1 aliphatic carbocycles. The van der Waals surface area contributed by atoms with Crippen LogP contribution in [0.15, 0.2) is 60.7 Å². The Labute approximate surface area is 241 Å². The molecule has 3 fully saturated rings. The Kier molecular flexibility index (Phi) is 7.36. The quantitative estimate of drug-likeness (QED) is 0.470. The van der Waals surface area contributed by atoms with Gasteiger partial charge in [-0.1, -0.05) is 61.7 Å². The van der Waals surface area contributed by atoms with Crippen molar-refractivity contribution in [2.45, 2.75) is 76.8 Å². The van der Waals surface area contributed by atoms with Crippen LogP contribution in [0.5, 0.6) is 5.75 Å². The lowest BCUT2D eigenvalue weighted by Gasteiger charge is -2.36. The molecule has 8 heteroatoms. The number of hydrogen-bond donors (Lipinski definition) is 2. The first-order valence-corrected chi connectivity index (χ1v) is 14.9. The lowest BCUT2D eigenvalue weighted by Crippen LogP contribution is -2.57. The minimum atomic E-state index is -1.19. The zero-order chi connectivity index (χ0) is 28.7. The van der Waals surface area contributed by atoms with Gasteiger partial charge in [-0.2, -0.15) is 0 Å². The first-order chi connectivity index (χ1) is 19.8. The number of aryl methyl sites for hydroxylation is 1. The van der Waals surface area contributed by atoms with Crippen molar-refractivity contribution >= 4 is 23.4 Å².